The van der Waals surface area contributed by atoms with Crippen molar-refractivity contribution in [2.75, 3.05) is 19.6 Å². The second-order valence-corrected chi connectivity index (χ2v) is 7.22. The first kappa shape index (κ1) is 18.3. The molecular weight excluding hydrogens is 355 g/mol. The van der Waals surface area contributed by atoms with Gasteiger partial charge in [0.2, 0.25) is 5.88 Å². The average molecular weight is 377 g/mol. The van der Waals surface area contributed by atoms with Gasteiger partial charge in [-0.25, -0.2) is 4.98 Å². The molecule has 3 aliphatic rings. The highest BCUT2D eigenvalue weighted by Gasteiger charge is 2.34. The SMILES string of the molecule is FC(F)(F)c1cccc(Oc2ncccc2CNC2CN3CCC2CC3)c1. The van der Waals surface area contributed by atoms with E-state index in [4.69, 9.17) is 4.74 Å². The molecule has 2 bridgehead atoms. The summed E-state index contributed by atoms with van der Waals surface area (Å²) in [6, 6.07) is 9.02. The number of hydrogen-bond donors (Lipinski definition) is 1. The number of pyridine rings is 1. The molecule has 0 radical (unpaired) electrons. The van der Waals surface area contributed by atoms with Crippen LogP contribution in [0.25, 0.3) is 0 Å². The number of benzene rings is 1. The summed E-state index contributed by atoms with van der Waals surface area (Å²) in [5.74, 6) is 1.16. The predicted octanol–water partition coefficient (Wildman–Crippen LogP) is 4.08. The molecule has 0 amide bonds. The van der Waals surface area contributed by atoms with Gasteiger partial charge in [-0.1, -0.05) is 12.1 Å². The van der Waals surface area contributed by atoms with Crippen molar-refractivity contribution >= 4 is 0 Å². The van der Waals surface area contributed by atoms with Gasteiger partial charge in [-0.15, -0.1) is 0 Å². The lowest BCUT2D eigenvalue weighted by Crippen LogP contribution is -2.55. The second-order valence-electron chi connectivity index (χ2n) is 7.22. The van der Waals surface area contributed by atoms with E-state index in [1.807, 2.05) is 12.1 Å². The molecule has 1 aromatic carbocycles. The number of halogens is 3. The van der Waals surface area contributed by atoms with Crippen LogP contribution in [0.4, 0.5) is 13.2 Å². The molecule has 144 valence electrons. The smallest absolute Gasteiger partial charge is 0.416 e. The van der Waals surface area contributed by atoms with Gasteiger partial charge >= 0.3 is 6.18 Å². The molecule has 0 aliphatic carbocycles. The third kappa shape index (κ3) is 4.25. The Kier molecular flexibility index (Phi) is 5.06. The minimum Gasteiger partial charge on any atom is -0.439 e. The number of ether oxygens (including phenoxy) is 1. The van der Waals surface area contributed by atoms with Crippen LogP contribution in [0.3, 0.4) is 0 Å². The maximum atomic E-state index is 12.9. The number of hydrogen-bond acceptors (Lipinski definition) is 4. The summed E-state index contributed by atoms with van der Waals surface area (Å²) in [4.78, 5) is 6.70. The predicted molar refractivity (Wildman–Crippen MR) is 95.5 cm³/mol. The van der Waals surface area contributed by atoms with E-state index < -0.39 is 11.7 Å². The Morgan fingerprint density at radius 2 is 1.96 bits per heavy atom. The molecule has 1 atom stereocenters. The van der Waals surface area contributed by atoms with E-state index in [1.54, 1.807) is 6.20 Å². The van der Waals surface area contributed by atoms with Crippen molar-refractivity contribution in [1.29, 1.82) is 0 Å². The summed E-state index contributed by atoms with van der Waals surface area (Å²) in [6.07, 6.45) is -0.374. The van der Waals surface area contributed by atoms with Crippen molar-refractivity contribution in [1.82, 2.24) is 15.2 Å². The number of nitrogens with zero attached hydrogens (tertiary/aromatic N) is 2. The maximum absolute atomic E-state index is 12.9. The third-order valence-corrected chi connectivity index (χ3v) is 5.44. The number of alkyl halides is 3. The lowest BCUT2D eigenvalue weighted by Gasteiger charge is -2.45. The van der Waals surface area contributed by atoms with Crippen molar-refractivity contribution in [3.63, 3.8) is 0 Å². The van der Waals surface area contributed by atoms with Gasteiger partial charge < -0.3 is 15.0 Å². The van der Waals surface area contributed by atoms with E-state index in [1.165, 1.54) is 38.1 Å². The zero-order valence-electron chi connectivity index (χ0n) is 14.9. The highest BCUT2D eigenvalue weighted by molar-refractivity contribution is 5.35. The zero-order valence-corrected chi connectivity index (χ0v) is 14.9. The molecule has 3 fully saturated rings. The van der Waals surface area contributed by atoms with Gasteiger partial charge in [0, 0.05) is 30.9 Å². The quantitative estimate of drug-likeness (QED) is 0.852. The molecule has 4 heterocycles. The highest BCUT2D eigenvalue weighted by Crippen LogP contribution is 2.33. The summed E-state index contributed by atoms with van der Waals surface area (Å²) in [5, 5.41) is 3.59. The normalized spacial score (nSPS) is 24.8. The zero-order chi connectivity index (χ0) is 18.9. The summed E-state index contributed by atoms with van der Waals surface area (Å²) < 4.78 is 44.4. The number of rotatable bonds is 5. The Bertz CT molecular complexity index is 788. The summed E-state index contributed by atoms with van der Waals surface area (Å²) in [6.45, 7) is 3.99. The molecule has 7 heteroatoms. The molecule has 27 heavy (non-hydrogen) atoms. The molecule has 2 aromatic rings. The van der Waals surface area contributed by atoms with Crippen LogP contribution < -0.4 is 10.1 Å². The molecule has 3 saturated heterocycles. The van der Waals surface area contributed by atoms with Gasteiger partial charge in [-0.05, 0) is 56.1 Å². The molecular formula is C20H22F3N3O. The van der Waals surface area contributed by atoms with Crippen LogP contribution >= 0.6 is 0 Å². The van der Waals surface area contributed by atoms with Gasteiger partial charge in [0.15, 0.2) is 0 Å². The van der Waals surface area contributed by atoms with Gasteiger partial charge in [-0.3, -0.25) is 0 Å². The molecule has 4 nitrogen and oxygen atoms in total. The Hall–Kier alpha value is -2.12. The largest absolute Gasteiger partial charge is 0.439 e. The van der Waals surface area contributed by atoms with E-state index in [9.17, 15) is 13.2 Å². The van der Waals surface area contributed by atoms with Crippen LogP contribution in [0.1, 0.15) is 24.0 Å². The summed E-state index contributed by atoms with van der Waals surface area (Å²) >= 11 is 0. The molecule has 0 saturated carbocycles. The minimum absolute atomic E-state index is 0.132. The van der Waals surface area contributed by atoms with E-state index >= 15 is 0 Å². The van der Waals surface area contributed by atoms with Gasteiger partial charge in [0.25, 0.3) is 0 Å². The van der Waals surface area contributed by atoms with Crippen molar-refractivity contribution < 1.29 is 17.9 Å². The van der Waals surface area contributed by atoms with Crippen LogP contribution in [0.2, 0.25) is 0 Å². The summed E-state index contributed by atoms with van der Waals surface area (Å²) in [7, 11) is 0. The van der Waals surface area contributed by atoms with Crippen LogP contribution in [0.5, 0.6) is 11.6 Å². The Labute approximate surface area is 156 Å². The van der Waals surface area contributed by atoms with Crippen LogP contribution in [0, 0.1) is 5.92 Å². The second kappa shape index (κ2) is 7.48. The molecule has 0 spiro atoms. The lowest BCUT2D eigenvalue weighted by atomic mass is 9.84. The lowest BCUT2D eigenvalue weighted by molar-refractivity contribution is -0.137. The summed E-state index contributed by atoms with van der Waals surface area (Å²) in [5.41, 5.74) is 0.106. The Morgan fingerprint density at radius 3 is 2.67 bits per heavy atom. The monoisotopic (exact) mass is 377 g/mol. The number of nitrogens with one attached hydrogen (secondary N) is 1. The molecule has 1 unspecified atom stereocenters. The standard InChI is InChI=1S/C20H22F3N3O/c21-20(22,23)16-4-1-5-17(11-16)27-19-15(3-2-8-24-19)12-25-18-13-26-9-6-14(18)7-10-26/h1-5,8,11,14,18,25H,6-7,9-10,12-13H2. The van der Waals surface area contributed by atoms with Crippen molar-refractivity contribution in [2.45, 2.75) is 31.6 Å². The van der Waals surface area contributed by atoms with E-state index in [0.717, 1.165) is 24.2 Å². The topological polar surface area (TPSA) is 37.4 Å². The Morgan fingerprint density at radius 1 is 1.15 bits per heavy atom. The van der Waals surface area contributed by atoms with Crippen LogP contribution in [-0.2, 0) is 12.7 Å². The van der Waals surface area contributed by atoms with Gasteiger partial charge in [0.1, 0.15) is 5.75 Å². The van der Waals surface area contributed by atoms with Gasteiger partial charge in [0.05, 0.1) is 5.56 Å². The fourth-order valence-corrected chi connectivity index (χ4v) is 3.94. The average Bonchev–Trinajstić information content (AvgIpc) is 2.68. The number of piperidine rings is 3. The Balaban J connectivity index is 1.45. The first-order valence-electron chi connectivity index (χ1n) is 9.24. The third-order valence-electron chi connectivity index (χ3n) is 5.44. The minimum atomic E-state index is -4.40. The van der Waals surface area contributed by atoms with E-state index in [0.29, 0.717) is 24.4 Å². The van der Waals surface area contributed by atoms with E-state index in [2.05, 4.69) is 15.2 Å². The van der Waals surface area contributed by atoms with Crippen molar-refractivity contribution in [3.8, 4) is 11.6 Å². The fourth-order valence-electron chi connectivity index (χ4n) is 3.94. The van der Waals surface area contributed by atoms with Crippen LogP contribution in [-0.4, -0.2) is 35.6 Å². The molecule has 1 aromatic heterocycles. The number of aromatic nitrogens is 1. The maximum Gasteiger partial charge on any atom is 0.416 e. The fraction of sp³-hybridized carbons (Fsp3) is 0.450. The van der Waals surface area contributed by atoms with Crippen molar-refractivity contribution in [2.24, 2.45) is 5.92 Å². The van der Waals surface area contributed by atoms with Crippen LogP contribution in [0.15, 0.2) is 42.6 Å². The molecule has 3 aliphatic heterocycles. The molecule has 1 N–H and O–H groups in total. The molecule has 5 rings (SSSR count). The first-order valence-corrected chi connectivity index (χ1v) is 9.24. The van der Waals surface area contributed by atoms with E-state index in [-0.39, 0.29) is 5.75 Å². The highest BCUT2D eigenvalue weighted by atomic mass is 19.4. The first-order chi connectivity index (χ1) is 13.0. The van der Waals surface area contributed by atoms with Crippen molar-refractivity contribution in [3.05, 3.63) is 53.7 Å². The van der Waals surface area contributed by atoms with Gasteiger partial charge in [-0.2, -0.15) is 13.2 Å². The number of fused-ring (bicyclic) bond motifs is 3.